The first-order valence-electron chi connectivity index (χ1n) is 6.21. The van der Waals surface area contributed by atoms with Crippen molar-refractivity contribution in [2.75, 3.05) is 12.4 Å². The highest BCUT2D eigenvalue weighted by Gasteiger charge is 2.13. The van der Waals surface area contributed by atoms with Gasteiger partial charge in [0, 0.05) is 18.3 Å². The molecule has 0 fully saturated rings. The van der Waals surface area contributed by atoms with Gasteiger partial charge >= 0.3 is 0 Å². The molecule has 0 radical (unpaired) electrons. The summed E-state index contributed by atoms with van der Waals surface area (Å²) in [5.74, 6) is 0.107. The molecule has 20 heavy (non-hydrogen) atoms. The van der Waals surface area contributed by atoms with Crippen LogP contribution >= 0.6 is 0 Å². The summed E-state index contributed by atoms with van der Waals surface area (Å²) in [5, 5.41) is 5.35. The Hall–Kier alpha value is -2.56. The number of nitrogens with one attached hydrogen (secondary N) is 2. The smallest absolute Gasteiger partial charge is 0.259 e. The van der Waals surface area contributed by atoms with Gasteiger partial charge in [0.15, 0.2) is 0 Å². The zero-order valence-electron chi connectivity index (χ0n) is 11.6. The quantitative estimate of drug-likeness (QED) is 0.901. The standard InChI is InChI=1S/C15H16N2O3/c1-9-4-5-11(14(18)16-3)8-13(9)17-15(19)12-6-7-20-10(12)2/h4-8H,1-3H3,(H,16,18)(H,17,19). The fourth-order valence-electron chi connectivity index (χ4n) is 1.85. The molecule has 0 aliphatic rings. The number of anilines is 1. The second-order valence-electron chi connectivity index (χ2n) is 4.45. The van der Waals surface area contributed by atoms with Crippen LogP contribution in [0.1, 0.15) is 32.0 Å². The number of carbonyl (C=O) groups is 2. The summed E-state index contributed by atoms with van der Waals surface area (Å²) in [6.07, 6.45) is 1.47. The van der Waals surface area contributed by atoms with Gasteiger partial charge in [-0.3, -0.25) is 9.59 Å². The number of furan rings is 1. The number of amides is 2. The van der Waals surface area contributed by atoms with Gasteiger partial charge in [-0.1, -0.05) is 6.07 Å². The predicted octanol–water partition coefficient (Wildman–Crippen LogP) is 2.51. The lowest BCUT2D eigenvalue weighted by atomic mass is 10.1. The van der Waals surface area contributed by atoms with Crippen LogP contribution in [0.15, 0.2) is 34.9 Å². The maximum absolute atomic E-state index is 12.1. The first-order chi connectivity index (χ1) is 9.52. The lowest BCUT2D eigenvalue weighted by Crippen LogP contribution is -2.19. The molecule has 0 saturated heterocycles. The summed E-state index contributed by atoms with van der Waals surface area (Å²) in [7, 11) is 1.56. The van der Waals surface area contributed by atoms with Crippen molar-refractivity contribution in [3.8, 4) is 0 Å². The Bertz CT molecular complexity index is 659. The van der Waals surface area contributed by atoms with Crippen molar-refractivity contribution in [3.05, 3.63) is 53.0 Å². The molecule has 0 aliphatic carbocycles. The van der Waals surface area contributed by atoms with Gasteiger partial charge in [0.05, 0.1) is 11.8 Å². The molecule has 0 spiro atoms. The zero-order valence-corrected chi connectivity index (χ0v) is 11.6. The van der Waals surface area contributed by atoms with E-state index in [9.17, 15) is 9.59 Å². The van der Waals surface area contributed by atoms with Gasteiger partial charge < -0.3 is 15.1 Å². The number of benzene rings is 1. The molecule has 0 atom stereocenters. The van der Waals surface area contributed by atoms with Crippen molar-refractivity contribution in [1.82, 2.24) is 5.32 Å². The molecule has 0 aliphatic heterocycles. The number of aryl methyl sites for hydroxylation is 2. The Morgan fingerprint density at radius 1 is 1.10 bits per heavy atom. The molecule has 5 nitrogen and oxygen atoms in total. The molecule has 2 N–H and O–H groups in total. The van der Waals surface area contributed by atoms with Crippen molar-refractivity contribution in [2.45, 2.75) is 13.8 Å². The molecule has 104 valence electrons. The summed E-state index contributed by atoms with van der Waals surface area (Å²) in [4.78, 5) is 23.7. The molecule has 5 heteroatoms. The van der Waals surface area contributed by atoms with Crippen LogP contribution in [0.3, 0.4) is 0 Å². The fourth-order valence-corrected chi connectivity index (χ4v) is 1.85. The summed E-state index contributed by atoms with van der Waals surface area (Å²) in [6.45, 7) is 3.59. The Kier molecular flexibility index (Phi) is 3.89. The Morgan fingerprint density at radius 3 is 2.45 bits per heavy atom. The van der Waals surface area contributed by atoms with Crippen molar-refractivity contribution in [3.63, 3.8) is 0 Å². The van der Waals surface area contributed by atoms with Crippen LogP contribution < -0.4 is 10.6 Å². The van der Waals surface area contributed by atoms with Gasteiger partial charge in [0.1, 0.15) is 5.76 Å². The molecule has 1 aromatic carbocycles. The number of hydrogen-bond acceptors (Lipinski definition) is 3. The van der Waals surface area contributed by atoms with E-state index in [2.05, 4.69) is 10.6 Å². The Labute approximate surface area is 117 Å². The second-order valence-corrected chi connectivity index (χ2v) is 4.45. The number of carbonyl (C=O) groups excluding carboxylic acids is 2. The third-order valence-electron chi connectivity index (χ3n) is 3.08. The third-order valence-corrected chi connectivity index (χ3v) is 3.08. The molecule has 2 amide bonds. The molecule has 2 rings (SSSR count). The van der Waals surface area contributed by atoms with Gasteiger partial charge in [0.25, 0.3) is 11.8 Å². The highest BCUT2D eigenvalue weighted by Crippen LogP contribution is 2.19. The van der Waals surface area contributed by atoms with Crippen LogP contribution in [-0.2, 0) is 0 Å². The topological polar surface area (TPSA) is 71.3 Å². The fraction of sp³-hybridized carbons (Fsp3) is 0.200. The molecule has 1 heterocycles. The summed E-state index contributed by atoms with van der Waals surface area (Å²) >= 11 is 0. The van der Waals surface area contributed by atoms with Crippen LogP contribution in [0.25, 0.3) is 0 Å². The molecule has 0 saturated carbocycles. The maximum Gasteiger partial charge on any atom is 0.259 e. The summed E-state index contributed by atoms with van der Waals surface area (Å²) in [6, 6.07) is 6.78. The zero-order chi connectivity index (χ0) is 14.7. The van der Waals surface area contributed by atoms with E-state index in [0.717, 1.165) is 5.56 Å². The highest BCUT2D eigenvalue weighted by atomic mass is 16.3. The van der Waals surface area contributed by atoms with Crippen LogP contribution in [0, 0.1) is 13.8 Å². The second kappa shape index (κ2) is 5.61. The summed E-state index contributed by atoms with van der Waals surface area (Å²) in [5.41, 5.74) is 2.47. The van der Waals surface area contributed by atoms with Gasteiger partial charge in [0.2, 0.25) is 0 Å². The molecule has 2 aromatic rings. The first kappa shape index (κ1) is 13.9. The third kappa shape index (κ3) is 2.71. The van der Waals surface area contributed by atoms with E-state index in [0.29, 0.717) is 22.6 Å². The average molecular weight is 272 g/mol. The van der Waals surface area contributed by atoms with E-state index < -0.39 is 0 Å². The minimum absolute atomic E-state index is 0.194. The van der Waals surface area contributed by atoms with E-state index >= 15 is 0 Å². The molecule has 0 unspecified atom stereocenters. The number of hydrogen-bond donors (Lipinski definition) is 2. The lowest BCUT2D eigenvalue weighted by Gasteiger charge is -2.10. The monoisotopic (exact) mass is 272 g/mol. The number of rotatable bonds is 3. The lowest BCUT2D eigenvalue weighted by molar-refractivity contribution is 0.0961. The van der Waals surface area contributed by atoms with E-state index in [4.69, 9.17) is 4.42 Å². The average Bonchev–Trinajstić information content (AvgIpc) is 2.86. The maximum atomic E-state index is 12.1. The van der Waals surface area contributed by atoms with Gasteiger partial charge in [-0.05, 0) is 37.6 Å². The normalized spacial score (nSPS) is 10.2. The van der Waals surface area contributed by atoms with Crippen molar-refractivity contribution >= 4 is 17.5 Å². The van der Waals surface area contributed by atoms with Crippen molar-refractivity contribution in [1.29, 1.82) is 0 Å². The van der Waals surface area contributed by atoms with Crippen LogP contribution in [0.4, 0.5) is 5.69 Å². The van der Waals surface area contributed by atoms with Crippen molar-refractivity contribution in [2.24, 2.45) is 0 Å². The molecule has 0 bridgehead atoms. The van der Waals surface area contributed by atoms with Crippen LogP contribution in [0.2, 0.25) is 0 Å². The van der Waals surface area contributed by atoms with E-state index in [-0.39, 0.29) is 11.8 Å². The Morgan fingerprint density at radius 2 is 1.85 bits per heavy atom. The van der Waals surface area contributed by atoms with Crippen LogP contribution in [0.5, 0.6) is 0 Å². The molecular formula is C15H16N2O3. The van der Waals surface area contributed by atoms with Crippen molar-refractivity contribution < 1.29 is 14.0 Å². The highest BCUT2D eigenvalue weighted by molar-refractivity contribution is 6.06. The minimum atomic E-state index is -0.256. The van der Waals surface area contributed by atoms with E-state index in [1.54, 1.807) is 38.2 Å². The van der Waals surface area contributed by atoms with Gasteiger partial charge in [-0.25, -0.2) is 0 Å². The van der Waals surface area contributed by atoms with E-state index in [1.165, 1.54) is 6.26 Å². The molecule has 1 aromatic heterocycles. The minimum Gasteiger partial charge on any atom is -0.469 e. The largest absolute Gasteiger partial charge is 0.469 e. The SMILES string of the molecule is CNC(=O)c1ccc(C)c(NC(=O)c2ccoc2C)c1. The first-order valence-corrected chi connectivity index (χ1v) is 6.21. The predicted molar refractivity (Wildman–Crippen MR) is 76.0 cm³/mol. The van der Waals surface area contributed by atoms with Gasteiger partial charge in [-0.2, -0.15) is 0 Å². The summed E-state index contributed by atoms with van der Waals surface area (Å²) < 4.78 is 5.11. The van der Waals surface area contributed by atoms with Gasteiger partial charge in [-0.15, -0.1) is 0 Å². The molecular weight excluding hydrogens is 256 g/mol. The van der Waals surface area contributed by atoms with Crippen LogP contribution in [-0.4, -0.2) is 18.9 Å². The van der Waals surface area contributed by atoms with E-state index in [1.807, 2.05) is 6.92 Å². The Balaban J connectivity index is 2.27.